The Morgan fingerprint density at radius 1 is 1.05 bits per heavy atom. The first-order valence-electron chi connectivity index (χ1n) is 12.2. The van der Waals surface area contributed by atoms with Crippen molar-refractivity contribution >= 4 is 50.7 Å². The van der Waals surface area contributed by atoms with Crippen LogP contribution < -0.4 is 9.62 Å². The van der Waals surface area contributed by atoms with Crippen LogP contribution in [0.3, 0.4) is 0 Å². The number of benzene rings is 2. The van der Waals surface area contributed by atoms with E-state index in [2.05, 4.69) is 5.32 Å². The molecule has 0 heterocycles. The van der Waals surface area contributed by atoms with E-state index >= 15 is 0 Å². The van der Waals surface area contributed by atoms with E-state index in [1.165, 1.54) is 4.31 Å². The van der Waals surface area contributed by atoms with E-state index in [0.717, 1.165) is 17.4 Å². The van der Waals surface area contributed by atoms with Crippen molar-refractivity contribution in [3.8, 4) is 0 Å². The van der Waals surface area contributed by atoms with Gasteiger partial charge in [0.1, 0.15) is 6.04 Å². The molecule has 1 unspecified atom stereocenters. The average Bonchev–Trinajstić information content (AvgIpc) is 2.77. The highest BCUT2D eigenvalue weighted by Gasteiger charge is 2.31. The van der Waals surface area contributed by atoms with Gasteiger partial charge in [-0.05, 0) is 69.9 Å². The molecule has 2 rings (SSSR count). The summed E-state index contributed by atoms with van der Waals surface area (Å²) in [6, 6.07) is 11.6. The Labute approximate surface area is 231 Å². The molecule has 1 N–H and O–H groups in total. The van der Waals surface area contributed by atoms with Crippen LogP contribution in [0.5, 0.6) is 0 Å². The highest BCUT2D eigenvalue weighted by molar-refractivity contribution is 7.92. The largest absolute Gasteiger partial charge is 0.350 e. The average molecular weight is 571 g/mol. The molecular formula is C27H37Cl2N3O4S. The van der Waals surface area contributed by atoms with Crippen LogP contribution in [0, 0.1) is 6.92 Å². The lowest BCUT2D eigenvalue weighted by Gasteiger charge is -2.33. The summed E-state index contributed by atoms with van der Waals surface area (Å²) in [7, 11) is -3.55. The highest BCUT2D eigenvalue weighted by atomic mass is 35.5. The van der Waals surface area contributed by atoms with Gasteiger partial charge < -0.3 is 10.2 Å². The zero-order chi connectivity index (χ0) is 28.0. The summed E-state index contributed by atoms with van der Waals surface area (Å²) < 4.78 is 26.4. The van der Waals surface area contributed by atoms with Gasteiger partial charge in [-0.1, -0.05) is 54.4 Å². The van der Waals surface area contributed by atoms with Gasteiger partial charge in [0, 0.05) is 25.0 Å². The number of nitrogens with zero attached hydrogens (tertiary/aromatic N) is 2. The van der Waals surface area contributed by atoms with Gasteiger partial charge in [-0.2, -0.15) is 0 Å². The second-order valence-corrected chi connectivity index (χ2v) is 12.9. The lowest BCUT2D eigenvalue weighted by Crippen LogP contribution is -2.53. The molecule has 2 amide bonds. The van der Waals surface area contributed by atoms with Crippen LogP contribution in [0.25, 0.3) is 0 Å². The molecule has 1 atom stereocenters. The van der Waals surface area contributed by atoms with Gasteiger partial charge in [0.2, 0.25) is 21.8 Å². The number of carbonyl (C=O) groups excluding carboxylic acids is 2. The number of halogens is 2. The number of hydrogen-bond acceptors (Lipinski definition) is 4. The molecule has 2 aromatic rings. The number of rotatable bonds is 11. The SMILES string of the molecule is CCC(C(=O)NC(C)(C)C)N(Cc1ccc(Cl)c(Cl)c1)C(=O)CCCN(c1ccccc1C)S(C)(=O)=O. The molecule has 0 aliphatic carbocycles. The van der Waals surface area contributed by atoms with Gasteiger partial charge in [0.05, 0.1) is 22.0 Å². The zero-order valence-electron chi connectivity index (χ0n) is 22.3. The first kappa shape index (κ1) is 30.9. The van der Waals surface area contributed by atoms with E-state index in [1.807, 2.05) is 46.8 Å². The Morgan fingerprint density at radius 2 is 1.70 bits per heavy atom. The molecule has 37 heavy (non-hydrogen) atoms. The van der Waals surface area contributed by atoms with E-state index in [1.54, 1.807) is 35.2 Å². The van der Waals surface area contributed by atoms with Gasteiger partial charge in [0.25, 0.3) is 0 Å². The number of nitrogens with one attached hydrogen (secondary N) is 1. The molecule has 0 aliphatic heterocycles. The van der Waals surface area contributed by atoms with E-state index in [4.69, 9.17) is 23.2 Å². The lowest BCUT2D eigenvalue weighted by atomic mass is 10.0. The van der Waals surface area contributed by atoms with Crippen LogP contribution >= 0.6 is 23.2 Å². The fourth-order valence-corrected chi connectivity index (χ4v) is 5.38. The molecule has 0 spiro atoms. The fourth-order valence-electron chi connectivity index (χ4n) is 4.03. The number of carbonyl (C=O) groups is 2. The minimum absolute atomic E-state index is 0.0680. The lowest BCUT2D eigenvalue weighted by molar-refractivity contribution is -0.142. The number of para-hydroxylation sites is 1. The van der Waals surface area contributed by atoms with Gasteiger partial charge in [0.15, 0.2) is 0 Å². The summed E-state index contributed by atoms with van der Waals surface area (Å²) in [5.74, 6) is -0.499. The Morgan fingerprint density at radius 3 is 2.24 bits per heavy atom. The van der Waals surface area contributed by atoms with Crippen LogP contribution in [0.4, 0.5) is 5.69 Å². The summed E-state index contributed by atoms with van der Waals surface area (Å²) in [6.45, 7) is 9.65. The zero-order valence-corrected chi connectivity index (χ0v) is 24.7. The van der Waals surface area contributed by atoms with E-state index in [0.29, 0.717) is 22.2 Å². The Kier molecular flexibility index (Phi) is 10.9. The van der Waals surface area contributed by atoms with E-state index in [-0.39, 0.29) is 37.7 Å². The molecule has 0 bridgehead atoms. The molecule has 0 radical (unpaired) electrons. The maximum atomic E-state index is 13.5. The Balaban J connectivity index is 2.28. The van der Waals surface area contributed by atoms with E-state index < -0.39 is 21.6 Å². The molecule has 204 valence electrons. The standard InChI is InChI=1S/C27H37Cl2N3O4S/c1-7-23(26(34)30-27(3,4)5)31(18-20-14-15-21(28)22(29)17-20)25(33)13-10-16-32(37(6,35)36)24-12-9-8-11-19(24)2/h8-9,11-12,14-15,17,23H,7,10,13,16,18H2,1-6H3,(H,30,34). The molecule has 0 saturated carbocycles. The normalized spacial score (nSPS) is 12.6. The first-order valence-corrected chi connectivity index (χ1v) is 14.8. The van der Waals surface area contributed by atoms with Crippen molar-refractivity contribution in [1.82, 2.24) is 10.2 Å². The molecular weight excluding hydrogens is 533 g/mol. The van der Waals surface area contributed by atoms with Crippen molar-refractivity contribution in [3.05, 3.63) is 63.6 Å². The van der Waals surface area contributed by atoms with Gasteiger partial charge >= 0.3 is 0 Å². The third-order valence-corrected chi connectivity index (χ3v) is 7.68. The van der Waals surface area contributed by atoms with Crippen LogP contribution in [-0.4, -0.2) is 49.5 Å². The number of sulfonamides is 1. The topological polar surface area (TPSA) is 86.8 Å². The second kappa shape index (κ2) is 13.0. The van der Waals surface area contributed by atoms with Gasteiger partial charge in [-0.25, -0.2) is 8.42 Å². The smallest absolute Gasteiger partial charge is 0.243 e. The van der Waals surface area contributed by atoms with E-state index in [9.17, 15) is 18.0 Å². The second-order valence-electron chi connectivity index (χ2n) is 10.2. The maximum absolute atomic E-state index is 13.5. The molecule has 2 aromatic carbocycles. The summed E-state index contributed by atoms with van der Waals surface area (Å²) in [5.41, 5.74) is 1.68. The molecule has 10 heteroatoms. The number of aryl methyl sites for hydroxylation is 1. The van der Waals surface area contributed by atoms with Crippen LogP contribution in [0.2, 0.25) is 10.0 Å². The van der Waals surface area contributed by atoms with Crippen LogP contribution in [0.1, 0.15) is 58.1 Å². The molecule has 0 aliphatic rings. The number of amides is 2. The monoisotopic (exact) mass is 569 g/mol. The maximum Gasteiger partial charge on any atom is 0.243 e. The molecule has 0 saturated heterocycles. The summed E-state index contributed by atoms with van der Waals surface area (Å²) in [6.07, 6.45) is 1.92. The molecule has 0 aromatic heterocycles. The number of hydrogen-bond donors (Lipinski definition) is 1. The first-order chi connectivity index (χ1) is 17.1. The van der Waals surface area contributed by atoms with Crippen molar-refractivity contribution in [3.63, 3.8) is 0 Å². The van der Waals surface area contributed by atoms with Crippen molar-refractivity contribution in [2.45, 2.75) is 72.0 Å². The predicted molar refractivity (Wildman–Crippen MR) is 152 cm³/mol. The van der Waals surface area contributed by atoms with Crippen molar-refractivity contribution in [2.24, 2.45) is 0 Å². The third kappa shape index (κ3) is 9.20. The fraction of sp³-hybridized carbons (Fsp3) is 0.481. The quantitative estimate of drug-likeness (QED) is 0.383. The van der Waals surface area contributed by atoms with Crippen LogP contribution in [0.15, 0.2) is 42.5 Å². The highest BCUT2D eigenvalue weighted by Crippen LogP contribution is 2.25. The molecule has 7 nitrogen and oxygen atoms in total. The summed E-state index contributed by atoms with van der Waals surface area (Å²) >= 11 is 12.3. The minimum Gasteiger partial charge on any atom is -0.350 e. The van der Waals surface area contributed by atoms with Crippen molar-refractivity contribution in [1.29, 1.82) is 0 Å². The third-order valence-electron chi connectivity index (χ3n) is 5.76. The van der Waals surface area contributed by atoms with Gasteiger partial charge in [-0.15, -0.1) is 0 Å². The Bertz CT molecular complexity index is 1210. The summed E-state index contributed by atoms with van der Waals surface area (Å²) in [4.78, 5) is 28.2. The number of anilines is 1. The predicted octanol–water partition coefficient (Wildman–Crippen LogP) is 5.57. The molecule has 0 fully saturated rings. The minimum atomic E-state index is -3.55. The van der Waals surface area contributed by atoms with Crippen molar-refractivity contribution < 1.29 is 18.0 Å². The summed E-state index contributed by atoms with van der Waals surface area (Å²) in [5, 5.41) is 3.73. The van der Waals surface area contributed by atoms with Crippen LogP contribution in [-0.2, 0) is 26.2 Å². The van der Waals surface area contributed by atoms with Gasteiger partial charge in [-0.3, -0.25) is 13.9 Å². The van der Waals surface area contributed by atoms with Crippen molar-refractivity contribution in [2.75, 3.05) is 17.1 Å². The Hall–Kier alpha value is -2.29.